The van der Waals surface area contributed by atoms with Gasteiger partial charge in [-0.15, -0.1) is 0 Å². The molecular weight excluding hydrogens is 525 g/mol. The molecule has 198 valence electrons. The molecular formula is C28H29Cl2N5O3. The van der Waals surface area contributed by atoms with Crippen LogP contribution in [0.4, 0.5) is 11.5 Å². The summed E-state index contributed by atoms with van der Waals surface area (Å²) in [5.41, 5.74) is 3.70. The monoisotopic (exact) mass is 553 g/mol. The van der Waals surface area contributed by atoms with E-state index in [9.17, 15) is 4.79 Å². The zero-order chi connectivity index (χ0) is 27.0. The minimum Gasteiger partial charge on any atom is -0.495 e. The van der Waals surface area contributed by atoms with E-state index in [1.54, 1.807) is 6.07 Å². The van der Waals surface area contributed by atoms with E-state index in [1.807, 2.05) is 42.5 Å². The molecule has 2 heterocycles. The van der Waals surface area contributed by atoms with E-state index in [0.29, 0.717) is 56.1 Å². The number of aromatic nitrogens is 2. The number of carbonyl (C=O) groups excluding carboxylic acids is 1. The molecule has 1 saturated heterocycles. The first kappa shape index (κ1) is 26.2. The lowest BCUT2D eigenvalue weighted by molar-refractivity contribution is 0.102. The lowest BCUT2D eigenvalue weighted by Crippen LogP contribution is -2.54. The standard InChI is InChI=1S/C28H29Cl2N5O3/c1-15-13-35(14-16(2)31-15)19-8-5-17(6-9-19)28(36)32-27-20-10-7-18(11-21(20)33-34-27)24-25(29)22(37-3)12-23(38-4)26(24)30/h5-12,15-16,31H,13-14H2,1-4H3,(H2,32,33,34,36)/t15-,16+. The molecule has 0 bridgehead atoms. The molecule has 3 N–H and O–H groups in total. The zero-order valence-electron chi connectivity index (χ0n) is 21.6. The Labute approximate surface area is 231 Å². The fourth-order valence-electron chi connectivity index (χ4n) is 4.95. The number of benzene rings is 3. The Morgan fingerprint density at radius 2 is 1.61 bits per heavy atom. The molecule has 5 rings (SSSR count). The van der Waals surface area contributed by atoms with Crippen LogP contribution in [0.3, 0.4) is 0 Å². The summed E-state index contributed by atoms with van der Waals surface area (Å²) in [5.74, 6) is 1.10. The fourth-order valence-corrected chi connectivity index (χ4v) is 5.67. The molecule has 0 saturated carbocycles. The Balaban J connectivity index is 1.37. The quantitative estimate of drug-likeness (QED) is 0.271. The number of hydrogen-bond donors (Lipinski definition) is 3. The van der Waals surface area contributed by atoms with Gasteiger partial charge in [0.15, 0.2) is 5.82 Å². The minimum atomic E-state index is -0.236. The second-order valence-corrected chi connectivity index (χ2v) is 10.2. The van der Waals surface area contributed by atoms with Gasteiger partial charge in [-0.2, -0.15) is 5.10 Å². The number of halogens is 2. The normalized spacial score (nSPS) is 17.5. The van der Waals surface area contributed by atoms with E-state index in [-0.39, 0.29) is 5.91 Å². The van der Waals surface area contributed by atoms with Crippen LogP contribution in [0.15, 0.2) is 48.5 Å². The van der Waals surface area contributed by atoms with Crippen molar-refractivity contribution in [2.24, 2.45) is 0 Å². The Morgan fingerprint density at radius 1 is 0.974 bits per heavy atom. The molecule has 1 aliphatic rings. The molecule has 1 amide bonds. The summed E-state index contributed by atoms with van der Waals surface area (Å²) in [5, 5.41) is 15.3. The molecule has 0 aliphatic carbocycles. The topological polar surface area (TPSA) is 91.5 Å². The van der Waals surface area contributed by atoms with Crippen molar-refractivity contribution in [3.8, 4) is 22.6 Å². The lowest BCUT2D eigenvalue weighted by Gasteiger charge is -2.37. The number of nitrogens with one attached hydrogen (secondary N) is 3. The molecule has 1 aliphatic heterocycles. The van der Waals surface area contributed by atoms with E-state index >= 15 is 0 Å². The van der Waals surface area contributed by atoms with Crippen LogP contribution < -0.4 is 25.0 Å². The Kier molecular flexibility index (Phi) is 7.38. The number of aromatic amines is 1. The van der Waals surface area contributed by atoms with Crippen LogP contribution in [0, 0.1) is 0 Å². The van der Waals surface area contributed by atoms with Crippen molar-refractivity contribution in [2.75, 3.05) is 37.5 Å². The molecule has 4 aromatic rings. The maximum Gasteiger partial charge on any atom is 0.256 e. The number of carbonyl (C=O) groups is 1. The first-order valence-corrected chi connectivity index (χ1v) is 13.1. The third-order valence-electron chi connectivity index (χ3n) is 6.71. The number of anilines is 2. The van der Waals surface area contributed by atoms with Crippen molar-refractivity contribution in [1.82, 2.24) is 15.5 Å². The predicted molar refractivity (Wildman–Crippen MR) is 153 cm³/mol. The van der Waals surface area contributed by atoms with Gasteiger partial charge in [-0.3, -0.25) is 9.89 Å². The molecule has 1 fully saturated rings. The summed E-state index contributed by atoms with van der Waals surface area (Å²) >= 11 is 13.2. The van der Waals surface area contributed by atoms with Crippen LogP contribution in [0.5, 0.6) is 11.5 Å². The third-order valence-corrected chi connectivity index (χ3v) is 7.46. The fraction of sp³-hybridized carbons (Fsp3) is 0.286. The summed E-state index contributed by atoms with van der Waals surface area (Å²) in [7, 11) is 3.07. The van der Waals surface area contributed by atoms with Gasteiger partial charge < -0.3 is 25.0 Å². The van der Waals surface area contributed by atoms with E-state index in [4.69, 9.17) is 32.7 Å². The van der Waals surface area contributed by atoms with Crippen LogP contribution in [0.2, 0.25) is 10.0 Å². The molecule has 38 heavy (non-hydrogen) atoms. The number of H-pyrrole nitrogens is 1. The van der Waals surface area contributed by atoms with Crippen molar-refractivity contribution < 1.29 is 14.3 Å². The molecule has 0 spiro atoms. The van der Waals surface area contributed by atoms with Crippen LogP contribution >= 0.6 is 23.2 Å². The van der Waals surface area contributed by atoms with Crippen molar-refractivity contribution in [3.05, 3.63) is 64.1 Å². The summed E-state index contributed by atoms with van der Waals surface area (Å²) in [4.78, 5) is 15.4. The second kappa shape index (κ2) is 10.7. The van der Waals surface area contributed by atoms with Crippen LogP contribution in [-0.4, -0.2) is 55.5 Å². The van der Waals surface area contributed by atoms with Gasteiger partial charge in [0, 0.05) is 53.4 Å². The third kappa shape index (κ3) is 4.99. The van der Waals surface area contributed by atoms with Gasteiger partial charge >= 0.3 is 0 Å². The predicted octanol–water partition coefficient (Wildman–Crippen LogP) is 5.99. The molecule has 0 unspecified atom stereocenters. The molecule has 2 atom stereocenters. The summed E-state index contributed by atoms with van der Waals surface area (Å²) in [6.45, 7) is 6.21. The average molecular weight is 554 g/mol. The van der Waals surface area contributed by atoms with Gasteiger partial charge in [0.05, 0.1) is 29.8 Å². The molecule has 10 heteroatoms. The Hall–Kier alpha value is -3.46. The summed E-state index contributed by atoms with van der Waals surface area (Å²) in [6.07, 6.45) is 0. The van der Waals surface area contributed by atoms with Crippen LogP contribution in [0.1, 0.15) is 24.2 Å². The number of amides is 1. The van der Waals surface area contributed by atoms with Crippen molar-refractivity contribution in [1.29, 1.82) is 0 Å². The van der Waals surface area contributed by atoms with Gasteiger partial charge in [0.2, 0.25) is 0 Å². The van der Waals surface area contributed by atoms with Crippen molar-refractivity contribution in [3.63, 3.8) is 0 Å². The highest BCUT2D eigenvalue weighted by atomic mass is 35.5. The van der Waals surface area contributed by atoms with Crippen LogP contribution in [0.25, 0.3) is 22.0 Å². The van der Waals surface area contributed by atoms with E-state index in [2.05, 4.69) is 39.6 Å². The lowest BCUT2D eigenvalue weighted by atomic mass is 10.0. The maximum atomic E-state index is 13.0. The van der Waals surface area contributed by atoms with Gasteiger partial charge in [0.25, 0.3) is 5.91 Å². The molecule has 8 nitrogen and oxygen atoms in total. The summed E-state index contributed by atoms with van der Waals surface area (Å²) in [6, 6.07) is 15.7. The minimum absolute atomic E-state index is 0.236. The number of rotatable bonds is 6. The average Bonchev–Trinajstić information content (AvgIpc) is 3.30. The smallest absolute Gasteiger partial charge is 0.256 e. The Bertz CT molecular complexity index is 1450. The van der Waals surface area contributed by atoms with Gasteiger partial charge in [-0.05, 0) is 55.8 Å². The SMILES string of the molecule is COc1cc(OC)c(Cl)c(-c2ccc3c(NC(=O)c4ccc(N5C[C@@H](C)N[C@@H](C)C5)cc4)n[nH]c3c2)c1Cl. The molecule has 1 aromatic heterocycles. The summed E-state index contributed by atoms with van der Waals surface area (Å²) < 4.78 is 10.8. The van der Waals surface area contributed by atoms with Crippen LogP contribution in [-0.2, 0) is 0 Å². The highest BCUT2D eigenvalue weighted by molar-refractivity contribution is 6.41. The number of methoxy groups -OCH3 is 2. The number of fused-ring (bicyclic) bond motifs is 1. The van der Waals surface area contributed by atoms with Gasteiger partial charge in [-0.1, -0.05) is 29.3 Å². The molecule has 0 radical (unpaired) electrons. The Morgan fingerprint density at radius 3 is 2.21 bits per heavy atom. The molecule has 3 aromatic carbocycles. The van der Waals surface area contributed by atoms with Gasteiger partial charge in [-0.25, -0.2) is 0 Å². The zero-order valence-corrected chi connectivity index (χ0v) is 23.1. The van der Waals surface area contributed by atoms with E-state index in [0.717, 1.165) is 29.7 Å². The van der Waals surface area contributed by atoms with E-state index in [1.165, 1.54) is 14.2 Å². The van der Waals surface area contributed by atoms with Gasteiger partial charge in [0.1, 0.15) is 11.5 Å². The number of ether oxygens (including phenoxy) is 2. The first-order valence-electron chi connectivity index (χ1n) is 12.3. The largest absolute Gasteiger partial charge is 0.495 e. The first-order chi connectivity index (χ1) is 18.3. The van der Waals surface area contributed by atoms with Crippen molar-refractivity contribution in [2.45, 2.75) is 25.9 Å². The highest BCUT2D eigenvalue weighted by Crippen LogP contribution is 2.46. The van der Waals surface area contributed by atoms with E-state index < -0.39 is 0 Å². The maximum absolute atomic E-state index is 13.0. The van der Waals surface area contributed by atoms with Crippen molar-refractivity contribution >= 4 is 51.5 Å². The second-order valence-electron chi connectivity index (χ2n) is 9.49. The highest BCUT2D eigenvalue weighted by Gasteiger charge is 2.22. The number of piperazine rings is 1. The number of nitrogens with zero attached hydrogens (tertiary/aromatic N) is 2. The number of hydrogen-bond acceptors (Lipinski definition) is 6.